The fourth-order valence-electron chi connectivity index (χ4n) is 2.99. The summed E-state index contributed by atoms with van der Waals surface area (Å²) in [5.74, 6) is -1.55. The van der Waals surface area contributed by atoms with Crippen molar-refractivity contribution >= 4 is 17.8 Å². The van der Waals surface area contributed by atoms with Crippen molar-refractivity contribution in [3.63, 3.8) is 0 Å². The molecule has 0 aromatic rings. The molecule has 0 heterocycles. The molecule has 7 heteroatoms. The van der Waals surface area contributed by atoms with E-state index >= 15 is 0 Å². The van der Waals surface area contributed by atoms with Gasteiger partial charge in [-0.05, 0) is 57.9 Å². The second-order valence-electron chi connectivity index (χ2n) is 8.37. The van der Waals surface area contributed by atoms with Crippen LogP contribution in [0, 0.1) is 0 Å². The predicted octanol–water partition coefficient (Wildman–Crippen LogP) is 5.32. The molecular weight excluding hydrogens is 478 g/mol. The van der Waals surface area contributed by atoms with Gasteiger partial charge in [-0.1, -0.05) is 79.8 Å². The van der Waals surface area contributed by atoms with Crippen LogP contribution < -0.4 is 16.0 Å². The average Bonchev–Trinajstić information content (AvgIpc) is 2.90. The van der Waals surface area contributed by atoms with Gasteiger partial charge in [0.2, 0.25) is 11.8 Å². The topological polar surface area (TPSA) is 108 Å². The molecule has 0 aromatic carbocycles. The summed E-state index contributed by atoms with van der Waals surface area (Å²) >= 11 is 0. The van der Waals surface area contributed by atoms with E-state index in [0.717, 1.165) is 63.5 Å². The van der Waals surface area contributed by atoms with Gasteiger partial charge in [0.05, 0.1) is 0 Å². The van der Waals surface area contributed by atoms with Gasteiger partial charge in [0.15, 0.2) is 0 Å². The number of hydrogen-bond donors (Lipinski definition) is 4. The minimum Gasteiger partial charge on any atom is -0.478 e. The number of nitrogens with one attached hydrogen (secondary N) is 3. The highest BCUT2D eigenvalue weighted by atomic mass is 16.4. The van der Waals surface area contributed by atoms with E-state index in [1.54, 1.807) is 0 Å². The van der Waals surface area contributed by atoms with E-state index in [1.165, 1.54) is 0 Å². The molecule has 0 unspecified atom stereocenters. The molecule has 2 amide bonds. The van der Waals surface area contributed by atoms with Gasteiger partial charge in [0, 0.05) is 38.2 Å². The summed E-state index contributed by atoms with van der Waals surface area (Å²) in [6.45, 7) is 4.44. The summed E-state index contributed by atoms with van der Waals surface area (Å²) in [7, 11) is 0. The Hall–Kier alpha value is -3.45. The highest BCUT2D eigenvalue weighted by Crippen LogP contribution is 1.98. The quantitative estimate of drug-likeness (QED) is 0.0821. The summed E-state index contributed by atoms with van der Waals surface area (Å²) in [6.07, 6.45) is 35.6. The molecule has 38 heavy (non-hydrogen) atoms. The number of aliphatic carboxylic acids is 1. The largest absolute Gasteiger partial charge is 0.478 e. The maximum atomic E-state index is 11.9. The average molecular weight is 526 g/mol. The molecule has 0 saturated carbocycles. The molecule has 0 aliphatic rings. The lowest BCUT2D eigenvalue weighted by atomic mass is 10.2. The zero-order valence-corrected chi connectivity index (χ0v) is 22.9. The Morgan fingerprint density at radius 1 is 0.605 bits per heavy atom. The van der Waals surface area contributed by atoms with Crippen LogP contribution in [0.15, 0.2) is 85.1 Å². The Kier molecular flexibility index (Phi) is 25.6. The lowest BCUT2D eigenvalue weighted by Gasteiger charge is -2.06. The van der Waals surface area contributed by atoms with Gasteiger partial charge in [0.1, 0.15) is 0 Å². The fraction of sp³-hybridized carbons (Fsp3) is 0.452. The highest BCUT2D eigenvalue weighted by molar-refractivity contribution is 5.93. The van der Waals surface area contributed by atoms with Crippen LogP contribution in [0.2, 0.25) is 0 Å². The van der Waals surface area contributed by atoms with E-state index in [2.05, 4.69) is 89.7 Å². The molecule has 0 fully saturated rings. The van der Waals surface area contributed by atoms with Gasteiger partial charge >= 0.3 is 5.97 Å². The molecule has 0 atom stereocenters. The second kappa shape index (κ2) is 28.1. The Morgan fingerprint density at radius 3 is 1.66 bits per heavy atom. The smallest absolute Gasteiger partial charge is 0.328 e. The predicted molar refractivity (Wildman–Crippen MR) is 158 cm³/mol. The SMILES string of the molecule is CCC=CCC=CCC=CCC=CCC=CCC=CCCC(=O)NCCCNCCNC(=O)C=CC(=O)O. The van der Waals surface area contributed by atoms with Crippen LogP contribution in [-0.2, 0) is 14.4 Å². The van der Waals surface area contributed by atoms with Crippen LogP contribution in [0.5, 0.6) is 0 Å². The van der Waals surface area contributed by atoms with Crippen molar-refractivity contribution in [2.24, 2.45) is 0 Å². The van der Waals surface area contributed by atoms with E-state index in [-0.39, 0.29) is 5.91 Å². The number of carboxylic acids is 1. The number of carbonyl (C=O) groups is 3. The second-order valence-corrected chi connectivity index (χ2v) is 8.37. The molecule has 0 saturated heterocycles. The third kappa shape index (κ3) is 28.8. The summed E-state index contributed by atoms with van der Waals surface area (Å²) in [5, 5.41) is 17.1. The fourth-order valence-corrected chi connectivity index (χ4v) is 2.99. The van der Waals surface area contributed by atoms with Gasteiger partial charge in [-0.15, -0.1) is 0 Å². The number of hydrogen-bond acceptors (Lipinski definition) is 4. The first-order valence-corrected chi connectivity index (χ1v) is 13.6. The zero-order valence-electron chi connectivity index (χ0n) is 22.9. The molecule has 0 aromatic heterocycles. The van der Waals surface area contributed by atoms with Crippen LogP contribution in [0.1, 0.15) is 64.7 Å². The molecule has 0 rings (SSSR count). The number of carboxylic acid groups (broad SMARTS) is 1. The lowest BCUT2D eigenvalue weighted by molar-refractivity contribution is -0.131. The standard InChI is InChI=1S/C31H47N3O4/c1-2-3-4-5-6-7-8-9-10-11-12-13-14-15-16-17-18-19-20-22-29(35)33-26-21-25-32-27-28-34-30(36)23-24-31(37)38/h3-4,6-7,9-10,12-13,15-16,18-19,23-24,32H,2,5,8,11,14,17,20-22,25-28H2,1H3,(H,33,35)(H,34,36)(H,37,38). The zero-order chi connectivity index (χ0) is 27.9. The van der Waals surface area contributed by atoms with Crippen LogP contribution in [0.4, 0.5) is 0 Å². The minimum atomic E-state index is -1.15. The summed E-state index contributed by atoms with van der Waals surface area (Å²) in [5.41, 5.74) is 0. The third-order valence-corrected chi connectivity index (χ3v) is 4.97. The molecule has 0 aliphatic heterocycles. The summed E-state index contributed by atoms with van der Waals surface area (Å²) in [4.78, 5) is 33.4. The Bertz CT molecular complexity index is 836. The maximum absolute atomic E-state index is 11.9. The number of rotatable bonds is 23. The van der Waals surface area contributed by atoms with Gasteiger partial charge in [0.25, 0.3) is 0 Å². The Balaban J connectivity index is 3.56. The maximum Gasteiger partial charge on any atom is 0.328 e. The molecule has 7 nitrogen and oxygen atoms in total. The lowest BCUT2D eigenvalue weighted by Crippen LogP contribution is -2.32. The first kappa shape index (κ1) is 34.6. The van der Waals surface area contributed by atoms with E-state index in [9.17, 15) is 14.4 Å². The molecule has 0 aliphatic carbocycles. The number of carbonyl (C=O) groups excluding carboxylic acids is 2. The van der Waals surface area contributed by atoms with Gasteiger partial charge in [-0.3, -0.25) is 9.59 Å². The number of allylic oxidation sites excluding steroid dienone is 12. The van der Waals surface area contributed by atoms with E-state index in [4.69, 9.17) is 5.11 Å². The van der Waals surface area contributed by atoms with Gasteiger partial charge < -0.3 is 21.1 Å². The molecule has 0 radical (unpaired) electrons. The molecular formula is C31H47N3O4. The van der Waals surface area contributed by atoms with Gasteiger partial charge in [-0.2, -0.15) is 0 Å². The molecule has 0 spiro atoms. The van der Waals surface area contributed by atoms with Crippen molar-refractivity contribution in [3.8, 4) is 0 Å². The van der Waals surface area contributed by atoms with Crippen molar-refractivity contribution in [1.29, 1.82) is 0 Å². The van der Waals surface area contributed by atoms with Crippen LogP contribution in [0.25, 0.3) is 0 Å². The molecule has 210 valence electrons. The van der Waals surface area contributed by atoms with Crippen LogP contribution in [-0.4, -0.2) is 49.1 Å². The van der Waals surface area contributed by atoms with Crippen molar-refractivity contribution in [3.05, 3.63) is 85.1 Å². The molecule has 0 bridgehead atoms. The minimum absolute atomic E-state index is 0.0435. The summed E-state index contributed by atoms with van der Waals surface area (Å²) in [6, 6.07) is 0. The van der Waals surface area contributed by atoms with Crippen LogP contribution >= 0.6 is 0 Å². The third-order valence-electron chi connectivity index (χ3n) is 4.97. The van der Waals surface area contributed by atoms with Crippen molar-refractivity contribution in [1.82, 2.24) is 16.0 Å². The highest BCUT2D eigenvalue weighted by Gasteiger charge is 1.99. The Morgan fingerprint density at radius 2 is 1.13 bits per heavy atom. The normalized spacial score (nSPS) is 12.4. The van der Waals surface area contributed by atoms with E-state index < -0.39 is 11.9 Å². The van der Waals surface area contributed by atoms with Crippen molar-refractivity contribution < 1.29 is 19.5 Å². The number of amides is 2. The summed E-state index contributed by atoms with van der Waals surface area (Å²) < 4.78 is 0. The van der Waals surface area contributed by atoms with Crippen molar-refractivity contribution in [2.75, 3.05) is 26.2 Å². The van der Waals surface area contributed by atoms with Gasteiger partial charge in [-0.25, -0.2) is 4.79 Å². The first-order valence-electron chi connectivity index (χ1n) is 13.6. The van der Waals surface area contributed by atoms with Crippen molar-refractivity contribution in [2.45, 2.75) is 64.7 Å². The van der Waals surface area contributed by atoms with E-state index in [1.807, 2.05) is 6.08 Å². The van der Waals surface area contributed by atoms with E-state index in [0.29, 0.717) is 32.6 Å². The van der Waals surface area contributed by atoms with Crippen LogP contribution in [0.3, 0.4) is 0 Å². The molecule has 4 N–H and O–H groups in total. The monoisotopic (exact) mass is 525 g/mol. The Labute approximate surface area is 229 Å². The first-order chi connectivity index (χ1) is 18.6.